The van der Waals surface area contributed by atoms with Gasteiger partial charge in [-0.15, -0.1) is 0 Å². The lowest BCUT2D eigenvalue weighted by atomic mass is 10.1. The van der Waals surface area contributed by atoms with E-state index in [1.54, 1.807) is 0 Å². The van der Waals surface area contributed by atoms with Gasteiger partial charge in [0.05, 0.1) is 0 Å². The van der Waals surface area contributed by atoms with E-state index in [1.807, 2.05) is 68.6 Å². The first-order valence-corrected chi connectivity index (χ1v) is 10.7. The number of carbonyl (C=O) groups excluding carboxylic acids is 1. The lowest BCUT2D eigenvalue weighted by Gasteiger charge is -2.34. The molecule has 6 nitrogen and oxygen atoms in total. The standard InChI is InChI=1S/C24H32N4O2/c1-3-14-26-23(29)20-9-7-8-19(17-20)18-27-24(25-2)28-15-12-22(13-16-28)30-21-10-5-4-6-11-21/h4-11,17,22H,3,12-16,18H2,1-2H3,(H,25,27)(H,26,29). The summed E-state index contributed by atoms with van der Waals surface area (Å²) in [6.07, 6.45) is 3.09. The van der Waals surface area contributed by atoms with Gasteiger partial charge in [0.2, 0.25) is 0 Å². The third kappa shape index (κ3) is 6.24. The van der Waals surface area contributed by atoms with Crippen LogP contribution in [0.2, 0.25) is 0 Å². The van der Waals surface area contributed by atoms with E-state index < -0.39 is 0 Å². The molecule has 2 N–H and O–H groups in total. The second-order valence-corrected chi connectivity index (χ2v) is 7.47. The van der Waals surface area contributed by atoms with E-state index in [4.69, 9.17) is 4.74 Å². The highest BCUT2D eigenvalue weighted by atomic mass is 16.5. The maximum atomic E-state index is 12.2. The van der Waals surface area contributed by atoms with Crippen molar-refractivity contribution in [3.63, 3.8) is 0 Å². The number of rotatable bonds is 7. The number of amides is 1. The van der Waals surface area contributed by atoms with Crippen LogP contribution in [0.3, 0.4) is 0 Å². The van der Waals surface area contributed by atoms with Crippen molar-refractivity contribution in [1.82, 2.24) is 15.5 Å². The Bertz CT molecular complexity index is 830. The molecule has 1 aliphatic heterocycles. The predicted molar refractivity (Wildman–Crippen MR) is 121 cm³/mol. The average molecular weight is 409 g/mol. The fraction of sp³-hybridized carbons (Fsp3) is 0.417. The molecule has 160 valence electrons. The summed E-state index contributed by atoms with van der Waals surface area (Å²) in [5.41, 5.74) is 1.75. The van der Waals surface area contributed by atoms with Crippen LogP contribution in [0, 0.1) is 0 Å². The lowest BCUT2D eigenvalue weighted by molar-refractivity contribution is 0.0953. The molecule has 2 aromatic carbocycles. The van der Waals surface area contributed by atoms with E-state index in [9.17, 15) is 4.79 Å². The molecule has 1 heterocycles. The Kier molecular flexibility index (Phi) is 8.12. The van der Waals surface area contributed by atoms with Crippen molar-refractivity contribution in [3.05, 3.63) is 65.7 Å². The number of carbonyl (C=O) groups is 1. The van der Waals surface area contributed by atoms with Crippen molar-refractivity contribution in [2.75, 3.05) is 26.7 Å². The maximum Gasteiger partial charge on any atom is 0.251 e. The van der Waals surface area contributed by atoms with Gasteiger partial charge in [-0.2, -0.15) is 0 Å². The van der Waals surface area contributed by atoms with Crippen LogP contribution >= 0.6 is 0 Å². The minimum atomic E-state index is -0.0245. The lowest BCUT2D eigenvalue weighted by Crippen LogP contribution is -2.47. The third-order valence-corrected chi connectivity index (χ3v) is 5.17. The second-order valence-electron chi connectivity index (χ2n) is 7.47. The molecule has 1 aliphatic rings. The maximum absolute atomic E-state index is 12.2. The Morgan fingerprint density at radius 1 is 1.10 bits per heavy atom. The minimum absolute atomic E-state index is 0.0245. The summed E-state index contributed by atoms with van der Waals surface area (Å²) in [6, 6.07) is 17.7. The van der Waals surface area contributed by atoms with Crippen molar-refractivity contribution in [2.45, 2.75) is 38.8 Å². The monoisotopic (exact) mass is 408 g/mol. The highest BCUT2D eigenvalue weighted by Crippen LogP contribution is 2.18. The van der Waals surface area contributed by atoms with Gasteiger partial charge in [0, 0.05) is 51.6 Å². The first kappa shape index (κ1) is 21.7. The highest BCUT2D eigenvalue weighted by molar-refractivity contribution is 5.94. The van der Waals surface area contributed by atoms with Gasteiger partial charge in [-0.3, -0.25) is 9.79 Å². The number of para-hydroxylation sites is 1. The van der Waals surface area contributed by atoms with Gasteiger partial charge in [-0.1, -0.05) is 37.3 Å². The van der Waals surface area contributed by atoms with Gasteiger partial charge in [-0.05, 0) is 36.2 Å². The van der Waals surface area contributed by atoms with E-state index in [2.05, 4.69) is 20.5 Å². The van der Waals surface area contributed by atoms with Crippen LogP contribution in [0.1, 0.15) is 42.1 Å². The Labute approximate surface area is 179 Å². The summed E-state index contributed by atoms with van der Waals surface area (Å²) in [4.78, 5) is 18.9. The van der Waals surface area contributed by atoms with Crippen LogP contribution in [-0.4, -0.2) is 49.6 Å². The SMILES string of the molecule is CCCNC(=O)c1cccc(CNC(=NC)N2CCC(Oc3ccccc3)CC2)c1. The van der Waals surface area contributed by atoms with Gasteiger partial charge in [0.1, 0.15) is 11.9 Å². The molecular formula is C24H32N4O2. The number of hydrogen-bond acceptors (Lipinski definition) is 3. The molecule has 0 unspecified atom stereocenters. The molecule has 0 atom stereocenters. The Morgan fingerprint density at radius 3 is 2.57 bits per heavy atom. The number of aliphatic imine (C=N–C) groups is 1. The molecule has 0 aliphatic carbocycles. The van der Waals surface area contributed by atoms with Gasteiger partial charge >= 0.3 is 0 Å². The smallest absolute Gasteiger partial charge is 0.251 e. The number of piperidine rings is 1. The van der Waals surface area contributed by atoms with Gasteiger partial charge in [0.25, 0.3) is 5.91 Å². The fourth-order valence-corrected chi connectivity index (χ4v) is 3.55. The third-order valence-electron chi connectivity index (χ3n) is 5.17. The Balaban J connectivity index is 1.49. The molecule has 0 bridgehead atoms. The van der Waals surface area contributed by atoms with E-state index >= 15 is 0 Å². The summed E-state index contributed by atoms with van der Waals surface area (Å²) < 4.78 is 6.08. The molecule has 1 amide bonds. The van der Waals surface area contributed by atoms with Crippen molar-refractivity contribution in [2.24, 2.45) is 4.99 Å². The zero-order valence-corrected chi connectivity index (χ0v) is 17.9. The van der Waals surface area contributed by atoms with Crippen LogP contribution in [0.5, 0.6) is 5.75 Å². The molecule has 0 aromatic heterocycles. The average Bonchev–Trinajstić information content (AvgIpc) is 2.80. The van der Waals surface area contributed by atoms with E-state index in [0.717, 1.165) is 49.6 Å². The Hall–Kier alpha value is -3.02. The van der Waals surface area contributed by atoms with Crippen LogP contribution in [0.25, 0.3) is 0 Å². The van der Waals surface area contributed by atoms with Gasteiger partial charge in [-0.25, -0.2) is 0 Å². The molecule has 1 saturated heterocycles. The molecule has 6 heteroatoms. The zero-order chi connectivity index (χ0) is 21.2. The number of likely N-dealkylation sites (tertiary alicyclic amines) is 1. The van der Waals surface area contributed by atoms with E-state index in [-0.39, 0.29) is 12.0 Å². The van der Waals surface area contributed by atoms with Crippen LogP contribution in [0.4, 0.5) is 0 Å². The van der Waals surface area contributed by atoms with Crippen LogP contribution < -0.4 is 15.4 Å². The van der Waals surface area contributed by atoms with Crippen LogP contribution in [-0.2, 0) is 6.54 Å². The molecule has 30 heavy (non-hydrogen) atoms. The normalized spacial score (nSPS) is 15.0. The topological polar surface area (TPSA) is 66.0 Å². The zero-order valence-electron chi connectivity index (χ0n) is 17.9. The number of benzene rings is 2. The highest BCUT2D eigenvalue weighted by Gasteiger charge is 2.22. The van der Waals surface area contributed by atoms with Crippen molar-refractivity contribution >= 4 is 11.9 Å². The number of ether oxygens (including phenoxy) is 1. The molecule has 0 spiro atoms. The van der Waals surface area contributed by atoms with E-state index in [1.165, 1.54) is 0 Å². The summed E-state index contributed by atoms with van der Waals surface area (Å²) >= 11 is 0. The number of nitrogens with one attached hydrogen (secondary N) is 2. The molecule has 2 aromatic rings. The van der Waals surface area contributed by atoms with Crippen LogP contribution in [0.15, 0.2) is 59.6 Å². The molecular weight excluding hydrogens is 376 g/mol. The molecule has 0 radical (unpaired) electrons. The molecule has 3 rings (SSSR count). The van der Waals surface area contributed by atoms with Crippen molar-refractivity contribution in [1.29, 1.82) is 0 Å². The summed E-state index contributed by atoms with van der Waals surface area (Å²) in [5, 5.41) is 6.35. The van der Waals surface area contributed by atoms with Crippen molar-refractivity contribution < 1.29 is 9.53 Å². The summed E-state index contributed by atoms with van der Waals surface area (Å²) in [6.45, 7) is 5.16. The predicted octanol–water partition coefficient (Wildman–Crippen LogP) is 3.45. The first-order chi connectivity index (χ1) is 14.7. The Morgan fingerprint density at radius 2 is 1.87 bits per heavy atom. The van der Waals surface area contributed by atoms with Crippen molar-refractivity contribution in [3.8, 4) is 5.75 Å². The first-order valence-electron chi connectivity index (χ1n) is 10.7. The van der Waals surface area contributed by atoms with E-state index in [0.29, 0.717) is 18.7 Å². The fourth-order valence-electron chi connectivity index (χ4n) is 3.55. The number of guanidine groups is 1. The minimum Gasteiger partial charge on any atom is -0.490 e. The molecule has 0 saturated carbocycles. The largest absolute Gasteiger partial charge is 0.490 e. The number of nitrogens with zero attached hydrogens (tertiary/aromatic N) is 2. The van der Waals surface area contributed by atoms with Gasteiger partial charge in [0.15, 0.2) is 5.96 Å². The van der Waals surface area contributed by atoms with Gasteiger partial charge < -0.3 is 20.3 Å². The second kappa shape index (κ2) is 11.2. The summed E-state index contributed by atoms with van der Waals surface area (Å²) in [7, 11) is 1.81. The summed E-state index contributed by atoms with van der Waals surface area (Å²) in [5.74, 6) is 1.79. The number of hydrogen-bond donors (Lipinski definition) is 2. The quantitative estimate of drug-likeness (QED) is 0.544. The molecule has 1 fully saturated rings.